The largest absolute Gasteiger partial charge is 0.340 e. The van der Waals surface area contributed by atoms with E-state index in [1.54, 1.807) is 0 Å². The van der Waals surface area contributed by atoms with Gasteiger partial charge in [0.25, 0.3) is 0 Å². The Kier molecular flexibility index (Phi) is 4.17. The number of hydrogen-bond acceptors (Lipinski definition) is 1. The Morgan fingerprint density at radius 3 is 2.93 bits per heavy atom. The van der Waals surface area contributed by atoms with Crippen molar-refractivity contribution in [3.05, 3.63) is 36.4 Å². The van der Waals surface area contributed by atoms with Crippen LogP contribution in [0.5, 0.6) is 0 Å². The van der Waals surface area contributed by atoms with Crippen LogP contribution in [0.1, 0.15) is 26.0 Å². The molecule has 0 aromatic carbocycles. The molecule has 76 valence electrons. The van der Waals surface area contributed by atoms with Crippen molar-refractivity contribution in [2.24, 2.45) is 13.0 Å². The van der Waals surface area contributed by atoms with Crippen LogP contribution >= 0.6 is 0 Å². The molecule has 0 fully saturated rings. The Hall–Kier alpha value is -1.31. The van der Waals surface area contributed by atoms with Gasteiger partial charge in [0, 0.05) is 13.2 Å². The van der Waals surface area contributed by atoms with Gasteiger partial charge < -0.3 is 4.57 Å². The molecule has 2 nitrogen and oxygen atoms in total. The van der Waals surface area contributed by atoms with Gasteiger partial charge in [-0.2, -0.15) is 0 Å². The monoisotopic (exact) mass is 190 g/mol. The van der Waals surface area contributed by atoms with Gasteiger partial charge in [-0.05, 0) is 25.3 Å². The van der Waals surface area contributed by atoms with Crippen molar-refractivity contribution in [2.45, 2.75) is 20.3 Å². The summed E-state index contributed by atoms with van der Waals surface area (Å²) in [6, 6.07) is 0. The third kappa shape index (κ3) is 3.60. The molecule has 1 unspecified atom stereocenters. The highest BCUT2D eigenvalue weighted by atomic mass is 15.0. The number of nitrogens with zero attached hydrogens (tertiary/aromatic N) is 2. The molecule has 2 heteroatoms. The molecule has 0 aliphatic carbocycles. The van der Waals surface area contributed by atoms with Gasteiger partial charge in [-0.25, -0.2) is 4.98 Å². The van der Waals surface area contributed by atoms with Gasteiger partial charge in [0.15, 0.2) is 0 Å². The topological polar surface area (TPSA) is 17.8 Å². The van der Waals surface area contributed by atoms with E-state index < -0.39 is 0 Å². The molecule has 1 atom stereocenters. The highest BCUT2D eigenvalue weighted by Gasteiger charge is 1.94. The molecule has 0 saturated heterocycles. The molecule has 1 aromatic rings. The first-order chi connectivity index (χ1) is 6.72. The standard InChI is InChI=1S/C12H18N2/c1-4-5-6-11(2)7-8-12-9-14(3)10-13-12/h4-5,7-11H,6H2,1-3H3/b5-4-,8-7+. The maximum atomic E-state index is 4.23. The molecule has 0 amide bonds. The predicted molar refractivity (Wildman–Crippen MR) is 60.8 cm³/mol. The van der Waals surface area contributed by atoms with Crippen LogP contribution in [0.25, 0.3) is 6.08 Å². The molecular weight excluding hydrogens is 172 g/mol. The van der Waals surface area contributed by atoms with E-state index >= 15 is 0 Å². The summed E-state index contributed by atoms with van der Waals surface area (Å²) in [6.07, 6.45) is 13.5. The molecule has 1 heterocycles. The van der Waals surface area contributed by atoms with E-state index in [-0.39, 0.29) is 0 Å². The van der Waals surface area contributed by atoms with Gasteiger partial charge in [-0.15, -0.1) is 0 Å². The molecule has 0 saturated carbocycles. The Bertz CT molecular complexity index is 321. The smallest absolute Gasteiger partial charge is 0.0950 e. The lowest BCUT2D eigenvalue weighted by molar-refractivity contribution is 0.747. The van der Waals surface area contributed by atoms with Crippen LogP contribution in [-0.4, -0.2) is 9.55 Å². The quantitative estimate of drug-likeness (QED) is 0.667. The third-order valence-electron chi connectivity index (χ3n) is 2.06. The summed E-state index contributed by atoms with van der Waals surface area (Å²) < 4.78 is 1.95. The zero-order chi connectivity index (χ0) is 10.4. The van der Waals surface area contributed by atoms with Crippen LogP contribution in [0, 0.1) is 5.92 Å². The summed E-state index contributed by atoms with van der Waals surface area (Å²) in [4.78, 5) is 4.23. The van der Waals surface area contributed by atoms with Gasteiger partial charge in [0.1, 0.15) is 0 Å². The molecule has 0 bridgehead atoms. The number of aryl methyl sites for hydroxylation is 1. The molecular formula is C12H18N2. The molecule has 0 spiro atoms. The summed E-state index contributed by atoms with van der Waals surface area (Å²) >= 11 is 0. The number of hydrogen-bond donors (Lipinski definition) is 0. The van der Waals surface area contributed by atoms with Crippen LogP contribution in [0.3, 0.4) is 0 Å². The number of imidazole rings is 1. The van der Waals surface area contributed by atoms with Crippen molar-refractivity contribution in [3.63, 3.8) is 0 Å². The molecule has 1 aromatic heterocycles. The normalized spacial score (nSPS) is 14.2. The Labute approximate surface area is 86.0 Å². The minimum Gasteiger partial charge on any atom is -0.340 e. The average Bonchev–Trinajstić information content (AvgIpc) is 2.58. The van der Waals surface area contributed by atoms with Gasteiger partial charge in [0.05, 0.1) is 12.0 Å². The summed E-state index contributed by atoms with van der Waals surface area (Å²) in [5, 5.41) is 0. The summed E-state index contributed by atoms with van der Waals surface area (Å²) in [7, 11) is 1.98. The minimum absolute atomic E-state index is 0.577. The second kappa shape index (κ2) is 5.43. The van der Waals surface area contributed by atoms with E-state index in [0.717, 1.165) is 12.1 Å². The van der Waals surface area contributed by atoms with Crippen molar-refractivity contribution >= 4 is 6.08 Å². The van der Waals surface area contributed by atoms with Gasteiger partial charge in [-0.3, -0.25) is 0 Å². The van der Waals surface area contributed by atoms with Crippen LogP contribution in [-0.2, 0) is 7.05 Å². The van der Waals surface area contributed by atoms with Crippen LogP contribution in [0.2, 0.25) is 0 Å². The fraction of sp³-hybridized carbons (Fsp3) is 0.417. The van der Waals surface area contributed by atoms with Gasteiger partial charge >= 0.3 is 0 Å². The van der Waals surface area contributed by atoms with Crippen molar-refractivity contribution in [1.82, 2.24) is 9.55 Å². The molecule has 0 aliphatic heterocycles. The summed E-state index contributed by atoms with van der Waals surface area (Å²) in [6.45, 7) is 4.26. The minimum atomic E-state index is 0.577. The zero-order valence-electron chi connectivity index (χ0n) is 9.14. The van der Waals surface area contributed by atoms with Crippen molar-refractivity contribution in [3.8, 4) is 0 Å². The lowest BCUT2D eigenvalue weighted by Gasteiger charge is -1.99. The average molecular weight is 190 g/mol. The highest BCUT2D eigenvalue weighted by molar-refractivity contribution is 5.43. The SMILES string of the molecule is C/C=C\CC(C)/C=C/c1cn(C)cn1. The lowest BCUT2D eigenvalue weighted by Crippen LogP contribution is -1.85. The fourth-order valence-corrected chi connectivity index (χ4v) is 1.21. The fourth-order valence-electron chi connectivity index (χ4n) is 1.21. The number of rotatable bonds is 4. The van der Waals surface area contributed by atoms with E-state index in [4.69, 9.17) is 0 Å². The lowest BCUT2D eigenvalue weighted by atomic mass is 10.1. The van der Waals surface area contributed by atoms with E-state index in [1.807, 2.05) is 24.1 Å². The molecule has 0 aliphatic rings. The van der Waals surface area contributed by atoms with Crippen molar-refractivity contribution < 1.29 is 0 Å². The van der Waals surface area contributed by atoms with E-state index in [9.17, 15) is 0 Å². The molecule has 1 rings (SSSR count). The second-order valence-corrected chi connectivity index (χ2v) is 3.61. The number of aromatic nitrogens is 2. The predicted octanol–water partition coefficient (Wildman–Crippen LogP) is 3.04. The summed E-state index contributed by atoms with van der Waals surface area (Å²) in [5.74, 6) is 0.577. The molecule has 0 N–H and O–H groups in total. The number of allylic oxidation sites excluding steroid dienone is 3. The van der Waals surface area contributed by atoms with Crippen LogP contribution in [0.15, 0.2) is 30.8 Å². The third-order valence-corrected chi connectivity index (χ3v) is 2.06. The first-order valence-corrected chi connectivity index (χ1v) is 4.99. The molecule has 14 heavy (non-hydrogen) atoms. The van der Waals surface area contributed by atoms with Gasteiger partial charge in [0.2, 0.25) is 0 Å². The van der Waals surface area contributed by atoms with E-state index in [1.165, 1.54) is 0 Å². The maximum absolute atomic E-state index is 4.23. The van der Waals surface area contributed by atoms with Crippen molar-refractivity contribution in [1.29, 1.82) is 0 Å². The van der Waals surface area contributed by atoms with E-state index in [0.29, 0.717) is 5.92 Å². The van der Waals surface area contributed by atoms with Gasteiger partial charge in [-0.1, -0.05) is 25.2 Å². The first kappa shape index (κ1) is 10.8. The van der Waals surface area contributed by atoms with Crippen LogP contribution in [0.4, 0.5) is 0 Å². The first-order valence-electron chi connectivity index (χ1n) is 4.99. The van der Waals surface area contributed by atoms with E-state index in [2.05, 4.69) is 43.1 Å². The Morgan fingerprint density at radius 1 is 1.57 bits per heavy atom. The summed E-state index contributed by atoms with van der Waals surface area (Å²) in [5.41, 5.74) is 1.03. The second-order valence-electron chi connectivity index (χ2n) is 3.61. The zero-order valence-corrected chi connectivity index (χ0v) is 9.14. The Balaban J connectivity index is 2.47. The van der Waals surface area contributed by atoms with Crippen molar-refractivity contribution in [2.75, 3.05) is 0 Å². The Morgan fingerprint density at radius 2 is 2.36 bits per heavy atom. The maximum Gasteiger partial charge on any atom is 0.0950 e. The molecule has 0 radical (unpaired) electrons. The highest BCUT2D eigenvalue weighted by Crippen LogP contribution is 2.07. The van der Waals surface area contributed by atoms with Crippen LogP contribution < -0.4 is 0 Å².